The quantitative estimate of drug-likeness (QED) is 0.394. The third-order valence-corrected chi connectivity index (χ3v) is 1.42. The lowest BCUT2D eigenvalue weighted by molar-refractivity contribution is -0.139. The number of nitrogens with zero attached hydrogens (tertiary/aromatic N) is 3. The maximum absolute atomic E-state index is 11.0. The molecule has 0 spiro atoms. The van der Waals surface area contributed by atoms with E-state index in [9.17, 15) is 9.59 Å². The maximum Gasteiger partial charge on any atom is 0.310 e. The van der Waals surface area contributed by atoms with Crippen LogP contribution in [0.5, 0.6) is 0 Å². The molecule has 15 heavy (non-hydrogen) atoms. The number of amides is 2. The van der Waals surface area contributed by atoms with Gasteiger partial charge in [0.05, 0.1) is 12.6 Å². The number of hydrogen-bond donors (Lipinski definition) is 3. The molecule has 0 aliphatic heterocycles. The summed E-state index contributed by atoms with van der Waals surface area (Å²) in [5, 5.41) is 18.6. The second kappa shape index (κ2) is 5.33. The number of carbonyl (C=O) groups is 2. The molecule has 1 aromatic rings. The topological polar surface area (TPSA) is 124 Å². The van der Waals surface area contributed by atoms with Gasteiger partial charge in [-0.05, 0) is 0 Å². The zero-order valence-corrected chi connectivity index (χ0v) is 7.65. The van der Waals surface area contributed by atoms with Crippen LogP contribution in [0, 0.1) is 11.3 Å². The van der Waals surface area contributed by atoms with Crippen molar-refractivity contribution in [2.45, 2.75) is 6.54 Å². The Kier molecular flexibility index (Phi) is 3.79. The zero-order chi connectivity index (χ0) is 11.1. The number of nitrogens with one attached hydrogen (secondary N) is 3. The van der Waals surface area contributed by atoms with E-state index in [-0.39, 0.29) is 13.1 Å². The monoisotopic (exact) mass is 208 g/mol. The summed E-state index contributed by atoms with van der Waals surface area (Å²) >= 11 is 0. The number of hydrogen-bond acceptors (Lipinski definition) is 5. The Balaban J connectivity index is 2.30. The highest BCUT2D eigenvalue weighted by atomic mass is 16.2. The van der Waals surface area contributed by atoms with Crippen LogP contribution in [0.1, 0.15) is 5.82 Å². The summed E-state index contributed by atoms with van der Waals surface area (Å²) in [6, 6.07) is 1.68. The SMILES string of the molecule is N#CCNC(=O)C(=O)NCc1ncn[nH]1. The fraction of sp³-hybridized carbons (Fsp3) is 0.286. The molecule has 1 rings (SSSR count). The predicted octanol–water partition coefficient (Wildman–Crippen LogP) is -1.94. The Morgan fingerprint density at radius 3 is 2.80 bits per heavy atom. The number of aromatic amines is 1. The summed E-state index contributed by atoms with van der Waals surface area (Å²) in [5.74, 6) is -1.23. The van der Waals surface area contributed by atoms with E-state index in [0.29, 0.717) is 5.82 Å². The Morgan fingerprint density at radius 2 is 2.20 bits per heavy atom. The van der Waals surface area contributed by atoms with E-state index in [1.54, 1.807) is 6.07 Å². The van der Waals surface area contributed by atoms with Crippen molar-refractivity contribution in [3.05, 3.63) is 12.2 Å². The van der Waals surface area contributed by atoms with Gasteiger partial charge in [0, 0.05) is 0 Å². The lowest BCUT2D eigenvalue weighted by Gasteiger charge is -2.01. The molecule has 3 N–H and O–H groups in total. The fourth-order valence-electron chi connectivity index (χ4n) is 0.760. The van der Waals surface area contributed by atoms with Crippen LogP contribution >= 0.6 is 0 Å². The zero-order valence-electron chi connectivity index (χ0n) is 7.65. The van der Waals surface area contributed by atoms with E-state index in [1.807, 2.05) is 0 Å². The molecule has 1 aromatic heterocycles. The summed E-state index contributed by atoms with van der Waals surface area (Å²) in [6.07, 6.45) is 1.29. The van der Waals surface area contributed by atoms with Gasteiger partial charge in [-0.25, -0.2) is 4.98 Å². The van der Waals surface area contributed by atoms with Crippen LogP contribution in [0.4, 0.5) is 0 Å². The Bertz CT molecular complexity index is 379. The molecule has 0 aliphatic rings. The third kappa shape index (κ3) is 3.43. The molecule has 0 aromatic carbocycles. The molecule has 8 heteroatoms. The molecule has 78 valence electrons. The van der Waals surface area contributed by atoms with Crippen molar-refractivity contribution in [3.63, 3.8) is 0 Å². The minimum absolute atomic E-state index is 0.0821. The molecule has 0 atom stereocenters. The Labute approximate surface area is 84.7 Å². The molecule has 1 heterocycles. The van der Waals surface area contributed by atoms with E-state index in [0.717, 1.165) is 0 Å². The second-order valence-corrected chi connectivity index (χ2v) is 2.46. The molecule has 0 unspecified atom stereocenters. The van der Waals surface area contributed by atoms with E-state index in [2.05, 4.69) is 25.8 Å². The molecular formula is C7H8N6O2. The molecule has 0 aliphatic carbocycles. The van der Waals surface area contributed by atoms with Gasteiger partial charge < -0.3 is 10.6 Å². The maximum atomic E-state index is 11.0. The molecule has 0 radical (unpaired) electrons. The van der Waals surface area contributed by atoms with Crippen molar-refractivity contribution in [1.82, 2.24) is 25.8 Å². The molecule has 0 bridgehead atoms. The summed E-state index contributed by atoms with van der Waals surface area (Å²) < 4.78 is 0. The number of nitriles is 1. The van der Waals surface area contributed by atoms with Gasteiger partial charge in [0.25, 0.3) is 0 Å². The predicted molar refractivity (Wildman–Crippen MR) is 46.9 cm³/mol. The van der Waals surface area contributed by atoms with E-state index < -0.39 is 11.8 Å². The van der Waals surface area contributed by atoms with Crippen LogP contribution in [-0.4, -0.2) is 33.5 Å². The molecule has 2 amide bonds. The van der Waals surface area contributed by atoms with Crippen molar-refractivity contribution in [1.29, 1.82) is 5.26 Å². The average Bonchev–Trinajstić information content (AvgIpc) is 2.75. The highest BCUT2D eigenvalue weighted by Gasteiger charge is 2.12. The number of H-pyrrole nitrogens is 1. The van der Waals surface area contributed by atoms with Crippen LogP contribution < -0.4 is 10.6 Å². The molecular weight excluding hydrogens is 200 g/mol. The molecule has 8 nitrogen and oxygen atoms in total. The van der Waals surface area contributed by atoms with Gasteiger partial charge >= 0.3 is 11.8 Å². The summed E-state index contributed by atoms with van der Waals surface area (Å²) in [6.45, 7) is -0.118. The van der Waals surface area contributed by atoms with Crippen molar-refractivity contribution in [3.8, 4) is 6.07 Å². The summed E-state index contributed by atoms with van der Waals surface area (Å²) in [5.41, 5.74) is 0. The van der Waals surface area contributed by atoms with Crippen LogP contribution in [0.25, 0.3) is 0 Å². The Morgan fingerprint density at radius 1 is 1.47 bits per heavy atom. The van der Waals surface area contributed by atoms with E-state index >= 15 is 0 Å². The van der Waals surface area contributed by atoms with Crippen molar-refractivity contribution >= 4 is 11.8 Å². The first-order chi connectivity index (χ1) is 7.24. The van der Waals surface area contributed by atoms with Gasteiger partial charge in [-0.15, -0.1) is 0 Å². The van der Waals surface area contributed by atoms with E-state index in [4.69, 9.17) is 5.26 Å². The van der Waals surface area contributed by atoms with Crippen LogP contribution in [-0.2, 0) is 16.1 Å². The van der Waals surface area contributed by atoms with Gasteiger partial charge in [0.2, 0.25) is 0 Å². The Hall–Kier alpha value is -2.43. The number of rotatable bonds is 3. The second-order valence-electron chi connectivity index (χ2n) is 2.46. The van der Waals surface area contributed by atoms with Crippen LogP contribution in [0.15, 0.2) is 6.33 Å². The number of carbonyl (C=O) groups excluding carboxylic acids is 2. The van der Waals surface area contributed by atoms with Crippen molar-refractivity contribution < 1.29 is 9.59 Å². The summed E-state index contributed by atoms with van der Waals surface area (Å²) in [4.78, 5) is 25.7. The normalized spacial score (nSPS) is 9.00. The van der Waals surface area contributed by atoms with Crippen LogP contribution in [0.2, 0.25) is 0 Å². The van der Waals surface area contributed by atoms with Gasteiger partial charge in [-0.2, -0.15) is 10.4 Å². The lowest BCUT2D eigenvalue weighted by atomic mass is 10.5. The van der Waals surface area contributed by atoms with E-state index in [1.165, 1.54) is 6.33 Å². The first kappa shape index (κ1) is 10.6. The molecule has 0 fully saturated rings. The van der Waals surface area contributed by atoms with Crippen LogP contribution in [0.3, 0.4) is 0 Å². The number of aromatic nitrogens is 3. The molecule has 0 saturated carbocycles. The smallest absolute Gasteiger partial charge is 0.310 e. The largest absolute Gasteiger partial charge is 0.341 e. The van der Waals surface area contributed by atoms with Crippen molar-refractivity contribution in [2.24, 2.45) is 0 Å². The highest BCUT2D eigenvalue weighted by Crippen LogP contribution is 1.83. The highest BCUT2D eigenvalue weighted by molar-refractivity contribution is 6.35. The fourth-order valence-corrected chi connectivity index (χ4v) is 0.760. The summed E-state index contributed by atoms with van der Waals surface area (Å²) in [7, 11) is 0. The van der Waals surface area contributed by atoms with Gasteiger partial charge in [0.1, 0.15) is 18.7 Å². The molecule has 0 saturated heterocycles. The first-order valence-electron chi connectivity index (χ1n) is 4.01. The minimum atomic E-state index is -0.851. The minimum Gasteiger partial charge on any atom is -0.341 e. The van der Waals surface area contributed by atoms with Gasteiger partial charge in [-0.3, -0.25) is 14.7 Å². The average molecular weight is 208 g/mol. The third-order valence-electron chi connectivity index (χ3n) is 1.42. The van der Waals surface area contributed by atoms with Crippen molar-refractivity contribution in [2.75, 3.05) is 6.54 Å². The first-order valence-corrected chi connectivity index (χ1v) is 4.01. The van der Waals surface area contributed by atoms with Gasteiger partial charge in [-0.1, -0.05) is 0 Å². The standard InChI is InChI=1S/C7H8N6O2/c8-1-2-9-6(14)7(15)10-3-5-11-4-12-13-5/h4H,2-3H2,(H,9,14)(H,10,15)(H,11,12,13). The lowest BCUT2D eigenvalue weighted by Crippen LogP contribution is -2.39. The van der Waals surface area contributed by atoms with Gasteiger partial charge in [0.15, 0.2) is 0 Å².